The quantitative estimate of drug-likeness (QED) is 0.592. The number of hydrogen-bond donors (Lipinski definition) is 2. The number of hydrogen-bond acceptors (Lipinski definition) is 3. The fourth-order valence-electron chi connectivity index (χ4n) is 2.99. The molecule has 4 rings (SSSR count). The number of nitrogens with zero attached hydrogens (tertiary/aromatic N) is 1. The molecule has 3 N–H and O–H groups in total. The predicted molar refractivity (Wildman–Crippen MR) is 52.7 cm³/mol. The molecule has 5 heteroatoms. The molecule has 3 heterocycles. The Kier molecular flexibility index (Phi) is 1.80. The maximum atomic E-state index is 12.1. The number of primary amides is 1. The topological polar surface area (TPSA) is 75.4 Å². The van der Waals surface area contributed by atoms with Gasteiger partial charge in [-0.15, -0.1) is 0 Å². The van der Waals surface area contributed by atoms with Crippen LogP contribution in [0.5, 0.6) is 0 Å². The Morgan fingerprint density at radius 1 is 1.40 bits per heavy atom. The van der Waals surface area contributed by atoms with Crippen LogP contribution < -0.4 is 11.1 Å². The molecule has 4 fully saturated rings. The van der Waals surface area contributed by atoms with Gasteiger partial charge in [-0.1, -0.05) is 0 Å². The van der Waals surface area contributed by atoms with Gasteiger partial charge in [-0.3, -0.25) is 9.59 Å². The SMILES string of the molecule is NC(=O)C1CCN1C(=O)[C@@H]1[C@@H]2CN[C@H]1C2. The Balaban J connectivity index is 1.68. The predicted octanol–water partition coefficient (Wildman–Crippen LogP) is -1.32. The minimum absolute atomic E-state index is 0.118. The summed E-state index contributed by atoms with van der Waals surface area (Å²) < 4.78 is 0. The second-order valence-electron chi connectivity index (χ2n) is 4.77. The molecule has 0 aromatic rings. The Bertz CT molecular complexity index is 317. The van der Waals surface area contributed by atoms with Gasteiger partial charge in [0.2, 0.25) is 11.8 Å². The van der Waals surface area contributed by atoms with Gasteiger partial charge in [-0.2, -0.15) is 0 Å². The average molecular weight is 209 g/mol. The molecule has 15 heavy (non-hydrogen) atoms. The van der Waals surface area contributed by atoms with Gasteiger partial charge in [0.05, 0.1) is 5.92 Å². The van der Waals surface area contributed by atoms with Crippen molar-refractivity contribution in [1.29, 1.82) is 0 Å². The van der Waals surface area contributed by atoms with Crippen molar-refractivity contribution >= 4 is 11.8 Å². The summed E-state index contributed by atoms with van der Waals surface area (Å²) in [6, 6.07) is 0.0223. The van der Waals surface area contributed by atoms with Crippen LogP contribution in [0.25, 0.3) is 0 Å². The van der Waals surface area contributed by atoms with E-state index in [9.17, 15) is 9.59 Å². The first-order chi connectivity index (χ1) is 7.18. The van der Waals surface area contributed by atoms with Crippen LogP contribution in [0.15, 0.2) is 0 Å². The zero-order valence-corrected chi connectivity index (χ0v) is 8.48. The van der Waals surface area contributed by atoms with Crippen LogP contribution in [0.2, 0.25) is 0 Å². The molecule has 0 aromatic heterocycles. The summed E-state index contributed by atoms with van der Waals surface area (Å²) in [7, 11) is 0. The van der Waals surface area contributed by atoms with Crippen molar-refractivity contribution in [3.8, 4) is 0 Å². The van der Waals surface area contributed by atoms with Crippen molar-refractivity contribution in [2.75, 3.05) is 13.1 Å². The van der Waals surface area contributed by atoms with E-state index in [1.807, 2.05) is 0 Å². The second kappa shape index (κ2) is 2.95. The van der Waals surface area contributed by atoms with Crippen LogP contribution in [0.3, 0.4) is 0 Å². The summed E-state index contributed by atoms with van der Waals surface area (Å²) in [6.45, 7) is 1.65. The van der Waals surface area contributed by atoms with Crippen molar-refractivity contribution in [2.24, 2.45) is 17.6 Å². The van der Waals surface area contributed by atoms with E-state index >= 15 is 0 Å². The molecule has 1 unspecified atom stereocenters. The molecular weight excluding hydrogens is 194 g/mol. The lowest BCUT2D eigenvalue weighted by atomic mass is 9.72. The number of fused-ring (bicyclic) bond motifs is 1. The van der Waals surface area contributed by atoms with E-state index in [1.165, 1.54) is 0 Å². The summed E-state index contributed by atoms with van der Waals surface area (Å²) in [5, 5.41) is 3.31. The molecule has 4 aliphatic rings. The number of nitrogens with two attached hydrogens (primary N) is 1. The van der Waals surface area contributed by atoms with E-state index in [-0.39, 0.29) is 23.8 Å². The van der Waals surface area contributed by atoms with Crippen LogP contribution in [0, 0.1) is 11.8 Å². The molecule has 4 atom stereocenters. The van der Waals surface area contributed by atoms with Crippen molar-refractivity contribution < 1.29 is 9.59 Å². The van der Waals surface area contributed by atoms with Gasteiger partial charge >= 0.3 is 0 Å². The summed E-state index contributed by atoms with van der Waals surface area (Å²) >= 11 is 0. The number of likely N-dealkylation sites (tertiary alicyclic amines) is 1. The fourth-order valence-corrected chi connectivity index (χ4v) is 2.99. The van der Waals surface area contributed by atoms with E-state index in [0.29, 0.717) is 18.5 Å². The van der Waals surface area contributed by atoms with Gasteiger partial charge in [-0.05, 0) is 25.3 Å². The molecule has 0 aromatic carbocycles. The molecule has 1 aliphatic carbocycles. The summed E-state index contributed by atoms with van der Waals surface area (Å²) in [5.74, 6) is 0.384. The molecule has 1 saturated carbocycles. The monoisotopic (exact) mass is 209 g/mol. The highest BCUT2D eigenvalue weighted by Crippen LogP contribution is 2.42. The third-order valence-corrected chi connectivity index (χ3v) is 4.06. The van der Waals surface area contributed by atoms with Crippen LogP contribution >= 0.6 is 0 Å². The minimum Gasteiger partial charge on any atom is -0.368 e. The molecule has 82 valence electrons. The maximum Gasteiger partial charge on any atom is 0.240 e. The van der Waals surface area contributed by atoms with Crippen molar-refractivity contribution in [1.82, 2.24) is 10.2 Å². The van der Waals surface area contributed by atoms with Gasteiger partial charge in [0, 0.05) is 12.6 Å². The summed E-state index contributed by atoms with van der Waals surface area (Å²) in [4.78, 5) is 24.7. The highest BCUT2D eigenvalue weighted by atomic mass is 16.2. The number of carbonyl (C=O) groups excluding carboxylic acids is 2. The van der Waals surface area contributed by atoms with E-state index in [4.69, 9.17) is 5.73 Å². The zero-order valence-electron chi connectivity index (χ0n) is 8.48. The molecule has 5 nitrogen and oxygen atoms in total. The highest BCUT2D eigenvalue weighted by molar-refractivity contribution is 5.90. The number of carbonyl (C=O) groups is 2. The molecule has 2 bridgehead atoms. The molecular formula is C10H15N3O2. The Labute approximate surface area is 88.0 Å². The third kappa shape index (κ3) is 1.13. The Morgan fingerprint density at radius 3 is 2.60 bits per heavy atom. The van der Waals surface area contributed by atoms with Crippen molar-refractivity contribution in [3.63, 3.8) is 0 Å². The number of rotatable bonds is 2. The normalized spacial score (nSPS) is 42.0. The minimum atomic E-state index is -0.366. The van der Waals surface area contributed by atoms with E-state index in [2.05, 4.69) is 5.32 Å². The third-order valence-electron chi connectivity index (χ3n) is 4.06. The van der Waals surface area contributed by atoms with Gasteiger partial charge in [0.1, 0.15) is 6.04 Å². The van der Waals surface area contributed by atoms with Crippen LogP contribution in [0.4, 0.5) is 0 Å². The largest absolute Gasteiger partial charge is 0.368 e. The first kappa shape index (κ1) is 9.15. The summed E-state index contributed by atoms with van der Waals surface area (Å²) in [5.41, 5.74) is 5.22. The van der Waals surface area contributed by atoms with Gasteiger partial charge in [-0.25, -0.2) is 0 Å². The lowest BCUT2D eigenvalue weighted by molar-refractivity contribution is -0.153. The fraction of sp³-hybridized carbons (Fsp3) is 0.800. The second-order valence-corrected chi connectivity index (χ2v) is 4.77. The first-order valence-electron chi connectivity index (χ1n) is 5.51. The molecule has 0 radical (unpaired) electrons. The average Bonchev–Trinajstić information content (AvgIpc) is 2.58. The van der Waals surface area contributed by atoms with Crippen molar-refractivity contribution in [2.45, 2.75) is 24.9 Å². The molecule has 3 saturated heterocycles. The molecule has 2 amide bonds. The Hall–Kier alpha value is -1.10. The van der Waals surface area contributed by atoms with Crippen molar-refractivity contribution in [3.05, 3.63) is 0 Å². The number of nitrogens with one attached hydrogen (secondary N) is 1. The van der Waals surface area contributed by atoms with Gasteiger partial charge < -0.3 is 16.0 Å². The van der Waals surface area contributed by atoms with Crippen LogP contribution in [0.1, 0.15) is 12.8 Å². The highest BCUT2D eigenvalue weighted by Gasteiger charge is 2.53. The maximum absolute atomic E-state index is 12.1. The van der Waals surface area contributed by atoms with E-state index in [1.54, 1.807) is 4.90 Å². The molecule has 3 aliphatic heterocycles. The van der Waals surface area contributed by atoms with Crippen LogP contribution in [-0.2, 0) is 9.59 Å². The zero-order chi connectivity index (χ0) is 10.6. The van der Waals surface area contributed by atoms with Crippen LogP contribution in [-0.4, -0.2) is 41.9 Å². The lowest BCUT2D eigenvalue weighted by Gasteiger charge is -2.44. The van der Waals surface area contributed by atoms with Gasteiger partial charge in [0.15, 0.2) is 0 Å². The first-order valence-corrected chi connectivity index (χ1v) is 5.51. The summed E-state index contributed by atoms with van der Waals surface area (Å²) in [6.07, 6.45) is 1.85. The Morgan fingerprint density at radius 2 is 2.20 bits per heavy atom. The number of amides is 2. The van der Waals surface area contributed by atoms with E-state index in [0.717, 1.165) is 19.4 Å². The standard InChI is InChI=1S/C10H15N3O2/c11-9(14)7-1-2-13(7)10(15)8-5-3-6(8)12-4-5/h5-8,12H,1-4H2,(H2,11,14)/t5-,6-,7?,8+/m0/s1. The molecule has 0 spiro atoms. The van der Waals surface area contributed by atoms with E-state index < -0.39 is 0 Å². The lowest BCUT2D eigenvalue weighted by Crippen LogP contribution is -2.61. The smallest absolute Gasteiger partial charge is 0.240 e. The van der Waals surface area contributed by atoms with Gasteiger partial charge in [0.25, 0.3) is 0 Å².